The molecule has 0 aromatic heterocycles. The van der Waals surface area contributed by atoms with E-state index in [1.54, 1.807) is 6.08 Å². The normalized spacial score (nSPS) is 10.5. The molecule has 0 aliphatic heterocycles. The van der Waals surface area contributed by atoms with Gasteiger partial charge in [-0.25, -0.2) is 0 Å². The maximum absolute atomic E-state index is 11.8. The number of aryl methyl sites for hydroxylation is 1. The van der Waals surface area contributed by atoms with Gasteiger partial charge in [0.15, 0.2) is 5.96 Å². The van der Waals surface area contributed by atoms with Gasteiger partial charge in [0.2, 0.25) is 5.91 Å². The molecular weight excluding hydrogens is 447 g/mol. The highest BCUT2D eigenvalue weighted by Gasteiger charge is 2.05. The zero-order valence-corrected chi connectivity index (χ0v) is 15.8. The number of benzene rings is 1. The van der Waals surface area contributed by atoms with Crippen LogP contribution in [0.15, 0.2) is 40.3 Å². The first-order valence-electron chi connectivity index (χ1n) is 6.23. The summed E-state index contributed by atoms with van der Waals surface area (Å²) in [5.74, 6) is 0.225. The van der Waals surface area contributed by atoms with Crippen molar-refractivity contribution < 1.29 is 4.79 Å². The van der Waals surface area contributed by atoms with Gasteiger partial charge < -0.3 is 16.4 Å². The Morgan fingerprint density at radius 1 is 1.52 bits per heavy atom. The molecule has 0 atom stereocenters. The maximum atomic E-state index is 11.8. The molecule has 0 radical (unpaired) electrons. The number of aliphatic imine (C=N–C) groups is 1. The predicted octanol–water partition coefficient (Wildman–Crippen LogP) is 2.79. The van der Waals surface area contributed by atoms with Crippen molar-refractivity contribution in [1.82, 2.24) is 5.32 Å². The van der Waals surface area contributed by atoms with Crippen molar-refractivity contribution in [3.8, 4) is 0 Å². The minimum atomic E-state index is -0.0912. The summed E-state index contributed by atoms with van der Waals surface area (Å²) < 4.78 is 0.925. The molecule has 0 unspecified atom stereocenters. The van der Waals surface area contributed by atoms with Gasteiger partial charge in [-0.3, -0.25) is 9.79 Å². The van der Waals surface area contributed by atoms with Crippen molar-refractivity contribution in [2.24, 2.45) is 10.7 Å². The molecular formula is C14H20BrIN4O. The highest BCUT2D eigenvalue weighted by molar-refractivity contribution is 14.0. The summed E-state index contributed by atoms with van der Waals surface area (Å²) >= 11 is 3.38. The molecule has 0 spiro atoms. The second-order valence-electron chi connectivity index (χ2n) is 4.19. The molecule has 7 heteroatoms. The summed E-state index contributed by atoms with van der Waals surface area (Å²) in [7, 11) is 0. The lowest BCUT2D eigenvalue weighted by atomic mass is 10.2. The van der Waals surface area contributed by atoms with Gasteiger partial charge in [0.1, 0.15) is 0 Å². The molecule has 0 fully saturated rings. The van der Waals surface area contributed by atoms with E-state index in [0.29, 0.717) is 19.0 Å². The van der Waals surface area contributed by atoms with E-state index in [4.69, 9.17) is 5.73 Å². The highest BCUT2D eigenvalue weighted by atomic mass is 127. The minimum absolute atomic E-state index is 0. The summed E-state index contributed by atoms with van der Waals surface area (Å²) in [5.41, 5.74) is 7.40. The Kier molecular flexibility index (Phi) is 10.1. The van der Waals surface area contributed by atoms with Gasteiger partial charge in [0, 0.05) is 23.1 Å². The maximum Gasteiger partial charge on any atom is 0.226 e. The van der Waals surface area contributed by atoms with E-state index in [0.717, 1.165) is 15.7 Å². The van der Waals surface area contributed by atoms with Gasteiger partial charge in [-0.15, -0.1) is 30.6 Å². The third-order valence-electron chi connectivity index (χ3n) is 2.52. The first-order valence-corrected chi connectivity index (χ1v) is 7.03. The second-order valence-corrected chi connectivity index (χ2v) is 5.11. The number of nitrogens with two attached hydrogens (primary N) is 1. The van der Waals surface area contributed by atoms with Crippen LogP contribution in [0.3, 0.4) is 0 Å². The first kappa shape index (κ1) is 19.9. The monoisotopic (exact) mass is 466 g/mol. The van der Waals surface area contributed by atoms with Crippen LogP contribution in [-0.4, -0.2) is 25.0 Å². The topological polar surface area (TPSA) is 79.5 Å². The fraction of sp³-hybridized carbons (Fsp3) is 0.286. The van der Waals surface area contributed by atoms with Crippen LogP contribution in [0.25, 0.3) is 0 Å². The molecule has 0 aliphatic rings. The van der Waals surface area contributed by atoms with Crippen molar-refractivity contribution >= 4 is 57.5 Å². The number of rotatable bonds is 6. The van der Waals surface area contributed by atoms with Crippen molar-refractivity contribution in [3.05, 3.63) is 40.9 Å². The largest absolute Gasteiger partial charge is 0.370 e. The van der Waals surface area contributed by atoms with E-state index >= 15 is 0 Å². The number of anilines is 1. The van der Waals surface area contributed by atoms with Crippen LogP contribution < -0.4 is 16.4 Å². The minimum Gasteiger partial charge on any atom is -0.370 e. The van der Waals surface area contributed by atoms with E-state index in [2.05, 4.69) is 38.1 Å². The van der Waals surface area contributed by atoms with Gasteiger partial charge in [0.25, 0.3) is 0 Å². The van der Waals surface area contributed by atoms with Crippen LogP contribution in [0, 0.1) is 6.92 Å². The van der Waals surface area contributed by atoms with E-state index in [1.165, 1.54) is 0 Å². The Balaban J connectivity index is 0.00000400. The number of hydrogen-bond donors (Lipinski definition) is 3. The Morgan fingerprint density at radius 3 is 2.90 bits per heavy atom. The average molecular weight is 467 g/mol. The SMILES string of the molecule is C=CCNC(N)=NCCC(=O)Nc1cc(Br)ccc1C.I. The van der Waals surface area contributed by atoms with Crippen molar-refractivity contribution in [3.63, 3.8) is 0 Å². The highest BCUT2D eigenvalue weighted by Crippen LogP contribution is 2.20. The molecule has 116 valence electrons. The molecule has 0 bridgehead atoms. The molecule has 4 N–H and O–H groups in total. The van der Waals surface area contributed by atoms with Gasteiger partial charge in [-0.1, -0.05) is 28.1 Å². The molecule has 1 amide bonds. The number of amides is 1. The van der Waals surface area contributed by atoms with Crippen LogP contribution in [0.2, 0.25) is 0 Å². The van der Waals surface area contributed by atoms with Gasteiger partial charge in [-0.05, 0) is 24.6 Å². The number of nitrogens with one attached hydrogen (secondary N) is 2. The van der Waals surface area contributed by atoms with Crippen LogP contribution in [-0.2, 0) is 4.79 Å². The van der Waals surface area contributed by atoms with Gasteiger partial charge in [-0.2, -0.15) is 0 Å². The second kappa shape index (κ2) is 10.6. The number of carbonyl (C=O) groups excluding carboxylic acids is 1. The Labute approximate surface area is 150 Å². The summed E-state index contributed by atoms with van der Waals surface area (Å²) in [6, 6.07) is 5.74. The average Bonchev–Trinajstić information content (AvgIpc) is 2.40. The summed E-state index contributed by atoms with van der Waals surface area (Å²) in [6.45, 7) is 6.40. The van der Waals surface area contributed by atoms with Gasteiger partial charge in [0.05, 0.1) is 6.54 Å². The summed E-state index contributed by atoms with van der Waals surface area (Å²) in [6.07, 6.45) is 1.97. The molecule has 1 aromatic carbocycles. The Bertz CT molecular complexity index is 520. The third kappa shape index (κ3) is 8.05. The fourth-order valence-electron chi connectivity index (χ4n) is 1.45. The van der Waals surface area contributed by atoms with Crippen molar-refractivity contribution in [1.29, 1.82) is 0 Å². The van der Waals surface area contributed by atoms with Crippen molar-refractivity contribution in [2.45, 2.75) is 13.3 Å². The molecule has 21 heavy (non-hydrogen) atoms. The zero-order chi connectivity index (χ0) is 15.0. The fourth-order valence-corrected chi connectivity index (χ4v) is 1.81. The molecule has 0 aliphatic carbocycles. The van der Waals surface area contributed by atoms with Crippen LogP contribution in [0.5, 0.6) is 0 Å². The lowest BCUT2D eigenvalue weighted by Gasteiger charge is -2.08. The lowest BCUT2D eigenvalue weighted by Crippen LogP contribution is -2.32. The Hall–Kier alpha value is -1.09. The first-order chi connectivity index (χ1) is 9.52. The van der Waals surface area contributed by atoms with Gasteiger partial charge >= 0.3 is 0 Å². The molecule has 0 saturated heterocycles. The van der Waals surface area contributed by atoms with Crippen molar-refractivity contribution in [2.75, 3.05) is 18.4 Å². The molecule has 0 heterocycles. The Morgan fingerprint density at radius 2 is 2.24 bits per heavy atom. The molecule has 1 aromatic rings. The number of halogens is 2. The van der Waals surface area contributed by atoms with E-state index in [9.17, 15) is 4.79 Å². The molecule has 1 rings (SSSR count). The number of carbonyl (C=O) groups is 1. The number of hydrogen-bond acceptors (Lipinski definition) is 2. The summed E-state index contributed by atoms with van der Waals surface area (Å²) in [5, 5.41) is 5.70. The third-order valence-corrected chi connectivity index (χ3v) is 3.02. The lowest BCUT2D eigenvalue weighted by molar-refractivity contribution is -0.116. The molecule has 0 saturated carbocycles. The van der Waals surface area contributed by atoms with E-state index in [1.807, 2.05) is 25.1 Å². The molecule has 5 nitrogen and oxygen atoms in total. The number of nitrogens with zero attached hydrogens (tertiary/aromatic N) is 1. The standard InChI is InChI=1S/C14H19BrN4O.HI/c1-3-7-17-14(16)18-8-6-13(20)19-12-9-11(15)5-4-10(12)2;/h3-5,9H,1,6-8H2,2H3,(H,19,20)(H3,16,17,18);1H. The smallest absolute Gasteiger partial charge is 0.226 e. The van der Waals surface area contributed by atoms with E-state index < -0.39 is 0 Å². The number of guanidine groups is 1. The van der Waals surface area contributed by atoms with Crippen LogP contribution in [0.4, 0.5) is 5.69 Å². The predicted molar refractivity (Wildman–Crippen MR) is 102 cm³/mol. The van der Waals surface area contributed by atoms with Crippen LogP contribution in [0.1, 0.15) is 12.0 Å². The quantitative estimate of drug-likeness (QED) is 0.261. The van der Waals surface area contributed by atoms with E-state index in [-0.39, 0.29) is 36.3 Å². The van der Waals surface area contributed by atoms with Crippen LogP contribution >= 0.6 is 39.9 Å². The summed E-state index contributed by atoms with van der Waals surface area (Å²) in [4.78, 5) is 15.8. The zero-order valence-electron chi connectivity index (χ0n) is 11.9.